The van der Waals surface area contributed by atoms with Crippen LogP contribution in [0.3, 0.4) is 0 Å². The van der Waals surface area contributed by atoms with Crippen LogP contribution in [0.1, 0.15) is 0 Å². The van der Waals surface area contributed by atoms with Crippen LogP contribution in [0, 0.1) is 0 Å². The van der Waals surface area contributed by atoms with Crippen molar-refractivity contribution in [3.05, 3.63) is 73.1 Å². The Balaban J connectivity index is 1.92. The highest BCUT2D eigenvalue weighted by Crippen LogP contribution is 2.30. The van der Waals surface area contributed by atoms with Gasteiger partial charge < -0.3 is 9.55 Å². The van der Waals surface area contributed by atoms with Gasteiger partial charge in [0.2, 0.25) is 0 Å². The van der Waals surface area contributed by atoms with Crippen molar-refractivity contribution in [2.24, 2.45) is 0 Å². The Hall–Kier alpha value is -3.07. The number of nitrogens with zero attached hydrogens (tertiary/aromatic N) is 2. The lowest BCUT2D eigenvalue weighted by atomic mass is 10.1. The van der Waals surface area contributed by atoms with Gasteiger partial charge in [-0.2, -0.15) is 0 Å². The van der Waals surface area contributed by atoms with Gasteiger partial charge in [0.15, 0.2) is 0 Å². The summed E-state index contributed by atoms with van der Waals surface area (Å²) in [6.07, 6.45) is 3.81. The van der Waals surface area contributed by atoms with E-state index in [9.17, 15) is 0 Å². The lowest BCUT2D eigenvalue weighted by Gasteiger charge is -2.08. The Bertz CT molecular complexity index is 1130. The fourth-order valence-electron chi connectivity index (χ4n) is 3.23. The predicted molar refractivity (Wildman–Crippen MR) is 90.4 cm³/mol. The molecule has 0 aliphatic rings. The number of H-pyrrole nitrogens is 1. The molecule has 3 heterocycles. The molecule has 104 valence electrons. The van der Waals surface area contributed by atoms with Gasteiger partial charge >= 0.3 is 0 Å². The second-order valence-corrected chi connectivity index (χ2v) is 5.48. The number of aromatic amines is 1. The maximum atomic E-state index is 4.54. The Morgan fingerprint density at radius 2 is 1.73 bits per heavy atom. The maximum Gasteiger partial charge on any atom is 0.113 e. The number of nitrogens with one attached hydrogen (secondary N) is 1. The molecule has 0 saturated heterocycles. The monoisotopic (exact) mass is 283 g/mol. The van der Waals surface area contributed by atoms with E-state index >= 15 is 0 Å². The van der Waals surface area contributed by atoms with Crippen LogP contribution in [0.4, 0.5) is 0 Å². The molecule has 0 atom stereocenters. The maximum absolute atomic E-state index is 4.54. The van der Waals surface area contributed by atoms with E-state index < -0.39 is 0 Å². The van der Waals surface area contributed by atoms with Gasteiger partial charge in [0.05, 0.1) is 16.6 Å². The molecule has 0 radical (unpaired) electrons. The standard InChI is InChI=1S/C19H13N3/c1-2-5-14-12-15(8-7-13(14)4-1)22-16-6-3-10-20-18(16)19-17(22)9-11-21-19/h1-12,21H. The summed E-state index contributed by atoms with van der Waals surface area (Å²) in [7, 11) is 0. The van der Waals surface area contributed by atoms with Gasteiger partial charge in [-0.3, -0.25) is 4.98 Å². The number of pyridine rings is 1. The van der Waals surface area contributed by atoms with Crippen LogP contribution in [0.25, 0.3) is 38.5 Å². The average Bonchev–Trinajstić information content (AvgIpc) is 3.15. The Kier molecular flexibility index (Phi) is 2.22. The second-order valence-electron chi connectivity index (χ2n) is 5.48. The molecule has 3 aromatic heterocycles. The third-order valence-corrected chi connectivity index (χ3v) is 4.22. The molecule has 0 saturated carbocycles. The molecule has 22 heavy (non-hydrogen) atoms. The van der Waals surface area contributed by atoms with Crippen molar-refractivity contribution in [2.45, 2.75) is 0 Å². The van der Waals surface area contributed by atoms with E-state index in [1.54, 1.807) is 0 Å². The van der Waals surface area contributed by atoms with Crippen LogP contribution in [0.5, 0.6) is 0 Å². The Morgan fingerprint density at radius 3 is 2.68 bits per heavy atom. The van der Waals surface area contributed by atoms with Gasteiger partial charge in [-0.15, -0.1) is 0 Å². The number of benzene rings is 2. The quantitative estimate of drug-likeness (QED) is 0.477. The van der Waals surface area contributed by atoms with Crippen molar-refractivity contribution in [3.8, 4) is 5.69 Å². The van der Waals surface area contributed by atoms with Crippen molar-refractivity contribution in [2.75, 3.05) is 0 Å². The van der Waals surface area contributed by atoms with Crippen LogP contribution in [0.2, 0.25) is 0 Å². The van der Waals surface area contributed by atoms with Gasteiger partial charge in [0, 0.05) is 18.1 Å². The smallest absolute Gasteiger partial charge is 0.113 e. The summed E-state index contributed by atoms with van der Waals surface area (Å²) >= 11 is 0. The van der Waals surface area contributed by atoms with Gasteiger partial charge in [0.25, 0.3) is 0 Å². The molecule has 5 rings (SSSR count). The van der Waals surface area contributed by atoms with E-state index in [-0.39, 0.29) is 0 Å². The minimum atomic E-state index is 1.01. The zero-order valence-corrected chi connectivity index (χ0v) is 11.8. The number of hydrogen-bond acceptors (Lipinski definition) is 1. The number of rotatable bonds is 1. The second kappa shape index (κ2) is 4.21. The van der Waals surface area contributed by atoms with Gasteiger partial charge in [-0.05, 0) is 41.1 Å². The molecule has 0 aliphatic heterocycles. The molecular formula is C19H13N3. The van der Waals surface area contributed by atoms with E-state index in [1.807, 2.05) is 18.5 Å². The third-order valence-electron chi connectivity index (χ3n) is 4.22. The molecular weight excluding hydrogens is 270 g/mol. The van der Waals surface area contributed by atoms with Crippen LogP contribution >= 0.6 is 0 Å². The first kappa shape index (κ1) is 11.6. The van der Waals surface area contributed by atoms with Crippen molar-refractivity contribution >= 4 is 32.8 Å². The summed E-state index contributed by atoms with van der Waals surface area (Å²) in [5.74, 6) is 0. The van der Waals surface area contributed by atoms with Crippen molar-refractivity contribution in [1.29, 1.82) is 0 Å². The number of fused-ring (bicyclic) bond motifs is 4. The first-order valence-corrected chi connectivity index (χ1v) is 7.33. The summed E-state index contributed by atoms with van der Waals surface area (Å²) < 4.78 is 2.26. The predicted octanol–water partition coefficient (Wildman–Crippen LogP) is 4.66. The molecule has 0 aliphatic carbocycles. The summed E-state index contributed by atoms with van der Waals surface area (Å²) in [5.41, 5.74) is 5.54. The zero-order valence-electron chi connectivity index (χ0n) is 11.8. The molecule has 5 aromatic rings. The Morgan fingerprint density at radius 1 is 0.818 bits per heavy atom. The highest BCUT2D eigenvalue weighted by Gasteiger charge is 2.13. The summed E-state index contributed by atoms with van der Waals surface area (Å²) in [5, 5.41) is 2.50. The van der Waals surface area contributed by atoms with Crippen LogP contribution in [-0.2, 0) is 0 Å². The van der Waals surface area contributed by atoms with Crippen molar-refractivity contribution in [1.82, 2.24) is 14.5 Å². The van der Waals surface area contributed by atoms with Gasteiger partial charge in [-0.1, -0.05) is 30.3 Å². The molecule has 0 amide bonds. The fourth-order valence-corrected chi connectivity index (χ4v) is 3.23. The number of aromatic nitrogens is 3. The molecule has 1 N–H and O–H groups in total. The first-order valence-electron chi connectivity index (χ1n) is 7.33. The largest absolute Gasteiger partial charge is 0.358 e. The normalized spacial score (nSPS) is 11.6. The molecule has 0 unspecified atom stereocenters. The topological polar surface area (TPSA) is 33.6 Å². The van der Waals surface area contributed by atoms with E-state index in [2.05, 4.69) is 69.1 Å². The van der Waals surface area contributed by atoms with Crippen LogP contribution < -0.4 is 0 Å². The van der Waals surface area contributed by atoms with Crippen molar-refractivity contribution in [3.63, 3.8) is 0 Å². The highest BCUT2D eigenvalue weighted by molar-refractivity contribution is 6.05. The zero-order chi connectivity index (χ0) is 14.5. The highest BCUT2D eigenvalue weighted by atomic mass is 15.0. The van der Waals surface area contributed by atoms with Gasteiger partial charge in [0.1, 0.15) is 5.52 Å². The minimum Gasteiger partial charge on any atom is -0.358 e. The van der Waals surface area contributed by atoms with E-state index in [0.717, 1.165) is 27.8 Å². The third kappa shape index (κ3) is 1.48. The molecule has 0 fully saturated rings. The average molecular weight is 283 g/mol. The number of hydrogen-bond donors (Lipinski definition) is 1. The SMILES string of the molecule is c1ccc2cc(-n3c4cccnc4c4[nH]ccc43)ccc2c1. The van der Waals surface area contributed by atoms with E-state index in [1.165, 1.54) is 10.8 Å². The lowest BCUT2D eigenvalue weighted by molar-refractivity contribution is 1.18. The minimum absolute atomic E-state index is 1.01. The first-order chi connectivity index (χ1) is 10.9. The lowest BCUT2D eigenvalue weighted by Crippen LogP contribution is -1.93. The molecule has 2 aromatic carbocycles. The fraction of sp³-hybridized carbons (Fsp3) is 0. The van der Waals surface area contributed by atoms with E-state index in [0.29, 0.717) is 0 Å². The van der Waals surface area contributed by atoms with Crippen LogP contribution in [-0.4, -0.2) is 14.5 Å². The molecule has 0 bridgehead atoms. The Labute approximate surface area is 126 Å². The van der Waals surface area contributed by atoms with Gasteiger partial charge in [-0.25, -0.2) is 0 Å². The molecule has 3 nitrogen and oxygen atoms in total. The molecule has 3 heteroatoms. The molecule has 0 spiro atoms. The van der Waals surface area contributed by atoms with E-state index in [4.69, 9.17) is 0 Å². The summed E-state index contributed by atoms with van der Waals surface area (Å²) in [6.45, 7) is 0. The van der Waals surface area contributed by atoms with Crippen molar-refractivity contribution < 1.29 is 0 Å². The summed E-state index contributed by atoms with van der Waals surface area (Å²) in [4.78, 5) is 7.84. The van der Waals surface area contributed by atoms with Crippen LogP contribution in [0.15, 0.2) is 73.1 Å². The summed E-state index contributed by atoms with van der Waals surface area (Å²) in [6, 6.07) is 21.2.